The van der Waals surface area contributed by atoms with Crippen molar-refractivity contribution in [2.24, 2.45) is 0 Å². The molecule has 0 radical (unpaired) electrons. The van der Waals surface area contributed by atoms with E-state index < -0.39 is 16.6 Å². The number of ether oxygens (including phenoxy) is 1. The molecule has 0 fully saturated rings. The summed E-state index contributed by atoms with van der Waals surface area (Å²) in [4.78, 5) is 12.0. The molecule has 4 nitrogen and oxygen atoms in total. The standard InChI is InChI=1S/C19H34O4Si2/c1-16(22-19(21)17-11-13-18(20)14-12-17)10-8-7-9-15-25(5,6)23-24(2,3)4/h11-14,16,20H,7-10,15H2,1-6H3. The Balaban J connectivity index is 2.23. The molecule has 0 aliphatic rings. The van der Waals surface area contributed by atoms with Crippen molar-refractivity contribution in [3.63, 3.8) is 0 Å². The van der Waals surface area contributed by atoms with Crippen LogP contribution in [0.4, 0.5) is 0 Å². The maximum Gasteiger partial charge on any atom is 0.338 e. The summed E-state index contributed by atoms with van der Waals surface area (Å²) in [6.45, 7) is 13.3. The second-order valence-electron chi connectivity index (χ2n) is 8.34. The van der Waals surface area contributed by atoms with Crippen LogP contribution >= 0.6 is 0 Å². The van der Waals surface area contributed by atoms with Gasteiger partial charge in [-0.15, -0.1) is 0 Å². The van der Waals surface area contributed by atoms with Crippen molar-refractivity contribution >= 4 is 22.6 Å². The summed E-state index contributed by atoms with van der Waals surface area (Å²) < 4.78 is 11.8. The number of carbonyl (C=O) groups excluding carboxylic acids is 1. The van der Waals surface area contributed by atoms with Gasteiger partial charge < -0.3 is 14.0 Å². The molecule has 1 N–H and O–H groups in total. The second-order valence-corrected chi connectivity index (χ2v) is 17.4. The Hall–Kier alpha value is -1.12. The number of phenolic OH excluding ortho intramolecular Hbond substituents is 1. The molecule has 0 aromatic heterocycles. The predicted octanol–water partition coefficient (Wildman–Crippen LogP) is 5.55. The van der Waals surface area contributed by atoms with Gasteiger partial charge in [0.15, 0.2) is 16.6 Å². The Kier molecular flexibility index (Phi) is 8.37. The normalized spacial score (nSPS) is 13.5. The van der Waals surface area contributed by atoms with Crippen LogP contribution in [0.25, 0.3) is 0 Å². The van der Waals surface area contributed by atoms with Gasteiger partial charge in [-0.2, -0.15) is 0 Å². The van der Waals surface area contributed by atoms with Crippen molar-refractivity contribution in [3.8, 4) is 5.75 Å². The van der Waals surface area contributed by atoms with Crippen LogP contribution in [0.3, 0.4) is 0 Å². The highest BCUT2D eigenvalue weighted by Crippen LogP contribution is 2.22. The topological polar surface area (TPSA) is 55.8 Å². The van der Waals surface area contributed by atoms with Crippen LogP contribution in [0.2, 0.25) is 38.8 Å². The van der Waals surface area contributed by atoms with Gasteiger partial charge in [0, 0.05) is 0 Å². The van der Waals surface area contributed by atoms with Crippen molar-refractivity contribution in [1.82, 2.24) is 0 Å². The van der Waals surface area contributed by atoms with Crippen LogP contribution in [0.15, 0.2) is 24.3 Å². The average Bonchev–Trinajstić information content (AvgIpc) is 2.44. The van der Waals surface area contributed by atoms with Gasteiger partial charge in [0.2, 0.25) is 0 Å². The molecule has 0 saturated carbocycles. The predicted molar refractivity (Wildman–Crippen MR) is 108 cm³/mol. The van der Waals surface area contributed by atoms with E-state index in [1.165, 1.54) is 24.6 Å². The number of benzene rings is 1. The molecule has 0 spiro atoms. The third-order valence-electron chi connectivity index (χ3n) is 3.88. The number of esters is 1. The molecular formula is C19H34O4Si2. The largest absolute Gasteiger partial charge is 0.508 e. The molecule has 1 rings (SSSR count). The van der Waals surface area contributed by atoms with Crippen LogP contribution in [0.5, 0.6) is 5.75 Å². The Labute approximate surface area is 154 Å². The summed E-state index contributed by atoms with van der Waals surface area (Å²) in [5, 5.41) is 9.25. The van der Waals surface area contributed by atoms with E-state index in [1.807, 2.05) is 6.92 Å². The summed E-state index contributed by atoms with van der Waals surface area (Å²) in [6, 6.07) is 7.34. The fraction of sp³-hybridized carbons (Fsp3) is 0.632. The van der Waals surface area contributed by atoms with E-state index in [0.717, 1.165) is 19.3 Å². The van der Waals surface area contributed by atoms with E-state index in [-0.39, 0.29) is 17.8 Å². The number of carbonyl (C=O) groups is 1. The molecule has 1 unspecified atom stereocenters. The minimum absolute atomic E-state index is 0.0928. The Bertz CT molecular complexity index is 535. The molecule has 0 heterocycles. The summed E-state index contributed by atoms with van der Waals surface area (Å²) >= 11 is 0. The second kappa shape index (κ2) is 9.55. The fourth-order valence-electron chi connectivity index (χ4n) is 2.95. The molecule has 1 atom stereocenters. The van der Waals surface area contributed by atoms with Gasteiger partial charge in [-0.05, 0) is 82.8 Å². The first-order chi connectivity index (χ1) is 11.5. The van der Waals surface area contributed by atoms with Crippen LogP contribution in [-0.4, -0.2) is 33.8 Å². The van der Waals surface area contributed by atoms with E-state index in [9.17, 15) is 9.90 Å². The lowest BCUT2D eigenvalue weighted by Crippen LogP contribution is -2.42. The molecule has 0 bridgehead atoms. The Morgan fingerprint density at radius 1 is 1.04 bits per heavy atom. The van der Waals surface area contributed by atoms with Crippen molar-refractivity contribution in [1.29, 1.82) is 0 Å². The molecule has 25 heavy (non-hydrogen) atoms. The fourth-order valence-corrected chi connectivity index (χ4v) is 11.1. The monoisotopic (exact) mass is 382 g/mol. The van der Waals surface area contributed by atoms with Gasteiger partial charge in [0.05, 0.1) is 11.7 Å². The Morgan fingerprint density at radius 2 is 1.64 bits per heavy atom. The maximum atomic E-state index is 12.0. The van der Waals surface area contributed by atoms with Crippen molar-refractivity contribution in [2.75, 3.05) is 0 Å². The first kappa shape index (κ1) is 21.9. The quantitative estimate of drug-likeness (QED) is 0.327. The van der Waals surface area contributed by atoms with E-state index in [1.54, 1.807) is 12.1 Å². The third kappa shape index (κ3) is 9.82. The first-order valence-electron chi connectivity index (χ1n) is 9.19. The highest BCUT2D eigenvalue weighted by molar-refractivity contribution is 6.84. The number of hydrogen-bond acceptors (Lipinski definition) is 4. The van der Waals surface area contributed by atoms with Crippen LogP contribution in [-0.2, 0) is 8.85 Å². The lowest BCUT2D eigenvalue weighted by molar-refractivity contribution is 0.0319. The van der Waals surface area contributed by atoms with Gasteiger partial charge in [-0.1, -0.05) is 12.8 Å². The van der Waals surface area contributed by atoms with Crippen LogP contribution in [0.1, 0.15) is 43.0 Å². The lowest BCUT2D eigenvalue weighted by atomic mass is 10.1. The average molecular weight is 383 g/mol. The zero-order valence-electron chi connectivity index (χ0n) is 16.6. The van der Waals surface area contributed by atoms with E-state index in [0.29, 0.717) is 5.56 Å². The highest BCUT2D eigenvalue weighted by Gasteiger charge is 2.28. The summed E-state index contributed by atoms with van der Waals surface area (Å²) in [7, 11) is -2.98. The summed E-state index contributed by atoms with van der Waals surface area (Å²) in [5.74, 6) is -0.182. The molecule has 0 saturated heterocycles. The van der Waals surface area contributed by atoms with Gasteiger partial charge >= 0.3 is 5.97 Å². The number of unbranched alkanes of at least 4 members (excludes halogenated alkanes) is 2. The Morgan fingerprint density at radius 3 is 2.20 bits per heavy atom. The summed E-state index contributed by atoms with van der Waals surface area (Å²) in [5.41, 5.74) is 0.473. The molecule has 6 heteroatoms. The molecule has 0 aliphatic heterocycles. The van der Waals surface area contributed by atoms with Crippen molar-refractivity contribution < 1.29 is 18.8 Å². The highest BCUT2D eigenvalue weighted by atomic mass is 28.4. The maximum absolute atomic E-state index is 12.0. The first-order valence-corrected chi connectivity index (χ1v) is 15.7. The molecule has 0 amide bonds. The van der Waals surface area contributed by atoms with Crippen molar-refractivity contribution in [3.05, 3.63) is 29.8 Å². The zero-order valence-corrected chi connectivity index (χ0v) is 18.6. The zero-order chi connectivity index (χ0) is 19.1. The SMILES string of the molecule is CC(CCCCC[Si](C)(C)O[Si](C)(C)C)OC(=O)c1ccc(O)cc1. The van der Waals surface area contributed by atoms with Gasteiger partial charge in [-0.25, -0.2) is 4.79 Å². The summed E-state index contributed by atoms with van der Waals surface area (Å²) in [6.07, 6.45) is 4.17. The smallest absolute Gasteiger partial charge is 0.338 e. The minimum atomic E-state index is -1.53. The number of phenols is 1. The van der Waals surface area contributed by atoms with E-state index in [4.69, 9.17) is 8.85 Å². The molecule has 0 aliphatic carbocycles. The van der Waals surface area contributed by atoms with Crippen LogP contribution < -0.4 is 0 Å². The van der Waals surface area contributed by atoms with E-state index >= 15 is 0 Å². The van der Waals surface area contributed by atoms with Crippen LogP contribution in [0, 0.1) is 0 Å². The lowest BCUT2D eigenvalue weighted by Gasteiger charge is -2.31. The number of rotatable bonds is 10. The van der Waals surface area contributed by atoms with Gasteiger partial charge in [0.1, 0.15) is 5.75 Å². The number of hydrogen-bond donors (Lipinski definition) is 1. The van der Waals surface area contributed by atoms with Crippen molar-refractivity contribution in [2.45, 2.75) is 77.5 Å². The van der Waals surface area contributed by atoms with Gasteiger partial charge in [-0.3, -0.25) is 0 Å². The minimum Gasteiger partial charge on any atom is -0.508 e. The number of aromatic hydroxyl groups is 1. The van der Waals surface area contributed by atoms with E-state index in [2.05, 4.69) is 32.7 Å². The molecule has 1 aromatic carbocycles. The molecule has 142 valence electrons. The van der Waals surface area contributed by atoms with Gasteiger partial charge in [0.25, 0.3) is 0 Å². The third-order valence-corrected chi connectivity index (χ3v) is 10.1. The molecular weight excluding hydrogens is 348 g/mol. The molecule has 1 aromatic rings.